The number of methoxy groups -OCH3 is 1. The zero-order valence-corrected chi connectivity index (χ0v) is 14.1. The van der Waals surface area contributed by atoms with Crippen LogP contribution in [-0.4, -0.2) is 33.6 Å². The second-order valence-corrected chi connectivity index (χ2v) is 5.68. The number of amides is 1. The number of ether oxygens (including phenoxy) is 1. The van der Waals surface area contributed by atoms with Crippen LogP contribution < -0.4 is 10.1 Å². The number of benzene rings is 2. The number of tetrazole rings is 1. The molecule has 0 bridgehead atoms. The van der Waals surface area contributed by atoms with E-state index in [0.29, 0.717) is 12.2 Å². The molecule has 0 saturated carbocycles. The van der Waals surface area contributed by atoms with E-state index in [0.717, 1.165) is 22.6 Å². The first-order valence-corrected chi connectivity index (χ1v) is 7.90. The van der Waals surface area contributed by atoms with E-state index in [1.54, 1.807) is 7.11 Å². The lowest BCUT2D eigenvalue weighted by Gasteiger charge is -2.15. The van der Waals surface area contributed by atoms with Crippen LogP contribution in [0.15, 0.2) is 48.5 Å². The number of anilines is 1. The second kappa shape index (κ2) is 7.57. The predicted octanol–water partition coefficient (Wildman–Crippen LogP) is 2.48. The summed E-state index contributed by atoms with van der Waals surface area (Å²) in [6.07, 6.45) is 0.439. The highest BCUT2D eigenvalue weighted by Crippen LogP contribution is 2.23. The first-order chi connectivity index (χ1) is 12.2. The van der Waals surface area contributed by atoms with Crippen LogP contribution in [0.25, 0.3) is 0 Å². The Labute approximate surface area is 145 Å². The van der Waals surface area contributed by atoms with Gasteiger partial charge in [0.2, 0.25) is 5.91 Å². The second-order valence-electron chi connectivity index (χ2n) is 5.68. The number of H-pyrrole nitrogens is 1. The number of para-hydroxylation sites is 1. The van der Waals surface area contributed by atoms with Crippen LogP contribution in [0.3, 0.4) is 0 Å². The fourth-order valence-corrected chi connectivity index (χ4v) is 2.59. The minimum Gasteiger partial charge on any atom is -0.497 e. The van der Waals surface area contributed by atoms with E-state index in [4.69, 9.17) is 4.74 Å². The number of carbonyl (C=O) groups is 1. The number of aromatic nitrogens is 4. The van der Waals surface area contributed by atoms with Crippen LogP contribution in [0.2, 0.25) is 0 Å². The van der Waals surface area contributed by atoms with Gasteiger partial charge in [0.05, 0.1) is 7.11 Å². The van der Waals surface area contributed by atoms with E-state index in [2.05, 4.69) is 25.9 Å². The zero-order valence-electron chi connectivity index (χ0n) is 14.1. The van der Waals surface area contributed by atoms with Gasteiger partial charge in [0.15, 0.2) is 5.82 Å². The van der Waals surface area contributed by atoms with E-state index in [9.17, 15) is 4.79 Å². The molecule has 0 unspecified atom stereocenters. The molecular formula is C18H19N5O2. The Hall–Kier alpha value is -3.22. The van der Waals surface area contributed by atoms with Gasteiger partial charge in [-0.25, -0.2) is 0 Å². The fourth-order valence-electron chi connectivity index (χ4n) is 2.59. The fraction of sp³-hybridized carbons (Fsp3) is 0.222. The Morgan fingerprint density at radius 2 is 2.08 bits per heavy atom. The highest BCUT2D eigenvalue weighted by atomic mass is 16.5. The molecule has 2 aromatic carbocycles. The summed E-state index contributed by atoms with van der Waals surface area (Å²) in [7, 11) is 1.61. The SMILES string of the molecule is COc1cccc(C[C@H](C(=O)Nc2ccccc2C)c2nn[nH]n2)c1. The Kier molecular flexibility index (Phi) is 5.03. The number of nitrogens with one attached hydrogen (secondary N) is 2. The highest BCUT2D eigenvalue weighted by molar-refractivity contribution is 5.96. The van der Waals surface area contributed by atoms with Gasteiger partial charge in [-0.15, -0.1) is 10.2 Å². The van der Waals surface area contributed by atoms with Crippen molar-refractivity contribution in [2.45, 2.75) is 19.3 Å². The minimum absolute atomic E-state index is 0.182. The lowest BCUT2D eigenvalue weighted by atomic mass is 9.97. The van der Waals surface area contributed by atoms with Crippen molar-refractivity contribution in [1.29, 1.82) is 0 Å². The maximum absolute atomic E-state index is 12.9. The van der Waals surface area contributed by atoms with Crippen LogP contribution in [0, 0.1) is 6.92 Å². The van der Waals surface area contributed by atoms with Gasteiger partial charge in [-0.3, -0.25) is 4.79 Å². The van der Waals surface area contributed by atoms with Crippen LogP contribution in [-0.2, 0) is 11.2 Å². The largest absolute Gasteiger partial charge is 0.497 e. The van der Waals surface area contributed by atoms with Crippen molar-refractivity contribution >= 4 is 11.6 Å². The zero-order chi connectivity index (χ0) is 17.6. The number of aromatic amines is 1. The lowest BCUT2D eigenvalue weighted by molar-refractivity contribution is -0.117. The van der Waals surface area contributed by atoms with Gasteiger partial charge < -0.3 is 10.1 Å². The Balaban J connectivity index is 1.85. The third kappa shape index (κ3) is 4.00. The third-order valence-electron chi connectivity index (χ3n) is 3.97. The molecule has 7 nitrogen and oxygen atoms in total. The third-order valence-corrected chi connectivity index (χ3v) is 3.97. The summed E-state index contributed by atoms with van der Waals surface area (Å²) in [4.78, 5) is 12.9. The summed E-state index contributed by atoms with van der Waals surface area (Å²) in [5, 5.41) is 17.0. The quantitative estimate of drug-likeness (QED) is 0.721. The van der Waals surface area contributed by atoms with Gasteiger partial charge in [0, 0.05) is 5.69 Å². The summed E-state index contributed by atoms with van der Waals surface area (Å²) in [5.74, 6) is 0.349. The lowest BCUT2D eigenvalue weighted by Crippen LogP contribution is -2.24. The summed E-state index contributed by atoms with van der Waals surface area (Å²) in [6, 6.07) is 15.2. The first kappa shape index (κ1) is 16.6. The standard InChI is InChI=1S/C18H19N5O2/c1-12-6-3-4-9-16(12)19-18(24)15(17-20-22-23-21-17)11-13-7-5-8-14(10-13)25-2/h3-10,15H,11H2,1-2H3,(H,19,24)(H,20,21,22,23)/t15-/m0/s1. The molecule has 0 aliphatic carbocycles. The smallest absolute Gasteiger partial charge is 0.235 e. The molecule has 1 heterocycles. The van der Waals surface area contributed by atoms with Crippen molar-refractivity contribution < 1.29 is 9.53 Å². The molecule has 0 saturated heterocycles. The molecule has 128 valence electrons. The highest BCUT2D eigenvalue weighted by Gasteiger charge is 2.26. The molecule has 0 radical (unpaired) electrons. The van der Waals surface area contributed by atoms with Crippen LogP contribution >= 0.6 is 0 Å². The molecule has 1 aromatic heterocycles. The van der Waals surface area contributed by atoms with Crippen molar-refractivity contribution in [3.63, 3.8) is 0 Å². The van der Waals surface area contributed by atoms with Crippen LogP contribution in [0.1, 0.15) is 22.9 Å². The maximum Gasteiger partial charge on any atom is 0.235 e. The molecule has 1 atom stereocenters. The van der Waals surface area contributed by atoms with Gasteiger partial charge in [-0.1, -0.05) is 35.5 Å². The monoisotopic (exact) mass is 337 g/mol. The normalized spacial score (nSPS) is 11.8. The van der Waals surface area contributed by atoms with E-state index in [-0.39, 0.29) is 5.91 Å². The molecule has 0 aliphatic rings. The summed E-state index contributed by atoms with van der Waals surface area (Å²) in [6.45, 7) is 1.95. The van der Waals surface area contributed by atoms with E-state index >= 15 is 0 Å². The van der Waals surface area contributed by atoms with Crippen molar-refractivity contribution in [2.24, 2.45) is 0 Å². The molecule has 0 aliphatic heterocycles. The van der Waals surface area contributed by atoms with Gasteiger partial charge in [0.25, 0.3) is 0 Å². The van der Waals surface area contributed by atoms with Gasteiger partial charge in [-0.05, 0) is 42.7 Å². The number of aryl methyl sites for hydroxylation is 1. The average molecular weight is 337 g/mol. The molecule has 1 amide bonds. The van der Waals surface area contributed by atoms with Crippen molar-refractivity contribution in [3.05, 3.63) is 65.5 Å². The average Bonchev–Trinajstić information content (AvgIpc) is 3.16. The van der Waals surface area contributed by atoms with E-state index in [1.807, 2.05) is 55.5 Å². The van der Waals surface area contributed by atoms with Gasteiger partial charge in [0.1, 0.15) is 11.7 Å². The summed E-state index contributed by atoms with van der Waals surface area (Å²) < 4.78 is 5.25. The van der Waals surface area contributed by atoms with Crippen molar-refractivity contribution in [3.8, 4) is 5.75 Å². The summed E-state index contributed by atoms with van der Waals surface area (Å²) in [5.41, 5.74) is 2.71. The van der Waals surface area contributed by atoms with Crippen molar-refractivity contribution in [1.82, 2.24) is 20.6 Å². The predicted molar refractivity (Wildman–Crippen MR) is 93.4 cm³/mol. The first-order valence-electron chi connectivity index (χ1n) is 7.90. The molecule has 2 N–H and O–H groups in total. The minimum atomic E-state index is -0.564. The molecule has 0 fully saturated rings. The molecule has 7 heteroatoms. The Morgan fingerprint density at radius 3 is 2.80 bits per heavy atom. The number of hydrogen-bond acceptors (Lipinski definition) is 5. The topological polar surface area (TPSA) is 92.8 Å². The Morgan fingerprint density at radius 1 is 1.24 bits per heavy atom. The summed E-state index contributed by atoms with van der Waals surface area (Å²) >= 11 is 0. The van der Waals surface area contributed by atoms with E-state index in [1.165, 1.54) is 0 Å². The molecule has 0 spiro atoms. The number of hydrogen-bond donors (Lipinski definition) is 2. The van der Waals surface area contributed by atoms with E-state index < -0.39 is 5.92 Å². The van der Waals surface area contributed by atoms with Crippen molar-refractivity contribution in [2.75, 3.05) is 12.4 Å². The molecule has 3 aromatic rings. The Bertz CT molecular complexity index is 848. The van der Waals surface area contributed by atoms with Crippen LogP contribution in [0.5, 0.6) is 5.75 Å². The molecular weight excluding hydrogens is 318 g/mol. The van der Waals surface area contributed by atoms with Crippen LogP contribution in [0.4, 0.5) is 5.69 Å². The number of carbonyl (C=O) groups excluding carboxylic acids is 1. The number of rotatable bonds is 6. The maximum atomic E-state index is 12.9. The molecule has 3 rings (SSSR count). The number of nitrogens with zero attached hydrogens (tertiary/aromatic N) is 3. The van der Waals surface area contributed by atoms with Gasteiger partial charge in [-0.2, -0.15) is 5.21 Å². The van der Waals surface area contributed by atoms with Gasteiger partial charge >= 0.3 is 0 Å². The molecule has 25 heavy (non-hydrogen) atoms.